The molecule has 2 aromatic rings. The number of ether oxygens (including phenoxy) is 3. The normalized spacial score (nSPS) is 13.1. The fourth-order valence-electron chi connectivity index (χ4n) is 2.13. The summed E-state index contributed by atoms with van der Waals surface area (Å²) in [6.07, 6.45) is 0. The number of sulfonamides is 1. The second-order valence-corrected chi connectivity index (χ2v) is 6.58. The van der Waals surface area contributed by atoms with Gasteiger partial charge in [0.05, 0.1) is 12.0 Å². The molecule has 0 saturated heterocycles. The predicted molar refractivity (Wildman–Crippen MR) is 79.5 cm³/mol. The van der Waals surface area contributed by atoms with Crippen LogP contribution in [0.4, 0.5) is 4.39 Å². The van der Waals surface area contributed by atoms with Gasteiger partial charge in [0.1, 0.15) is 0 Å². The highest BCUT2D eigenvalue weighted by atomic mass is 32.2. The average molecular weight is 339 g/mol. The lowest BCUT2D eigenvalue weighted by Gasteiger charge is -2.09. The Hall–Kier alpha value is -2.32. The Morgan fingerprint density at radius 3 is 2.70 bits per heavy atom. The molecule has 6 nitrogen and oxygen atoms in total. The van der Waals surface area contributed by atoms with Crippen molar-refractivity contribution in [3.8, 4) is 17.2 Å². The summed E-state index contributed by atoms with van der Waals surface area (Å²) in [5, 5.41) is 0. The Labute approximate surface area is 132 Å². The van der Waals surface area contributed by atoms with E-state index in [2.05, 4.69) is 4.72 Å². The van der Waals surface area contributed by atoms with Gasteiger partial charge in [-0.3, -0.25) is 0 Å². The van der Waals surface area contributed by atoms with Crippen LogP contribution in [0.1, 0.15) is 5.56 Å². The fraction of sp³-hybridized carbons (Fsp3) is 0.200. The minimum absolute atomic E-state index is 0.0440. The molecule has 0 saturated carbocycles. The van der Waals surface area contributed by atoms with E-state index in [1.807, 2.05) is 0 Å². The van der Waals surface area contributed by atoms with Crippen molar-refractivity contribution in [3.63, 3.8) is 0 Å². The molecule has 1 aliphatic heterocycles. The van der Waals surface area contributed by atoms with Gasteiger partial charge in [-0.1, -0.05) is 6.07 Å². The third-order valence-corrected chi connectivity index (χ3v) is 4.74. The Bertz CT molecular complexity index is 838. The van der Waals surface area contributed by atoms with Crippen molar-refractivity contribution in [2.24, 2.45) is 0 Å². The molecule has 1 heterocycles. The van der Waals surface area contributed by atoms with Crippen molar-refractivity contribution >= 4 is 10.0 Å². The van der Waals surface area contributed by atoms with Crippen LogP contribution in [0.5, 0.6) is 17.2 Å². The van der Waals surface area contributed by atoms with Gasteiger partial charge >= 0.3 is 0 Å². The maximum atomic E-state index is 13.6. The van der Waals surface area contributed by atoms with Crippen LogP contribution in [0.3, 0.4) is 0 Å². The summed E-state index contributed by atoms with van der Waals surface area (Å²) in [7, 11) is -2.39. The quantitative estimate of drug-likeness (QED) is 0.902. The maximum Gasteiger partial charge on any atom is 0.241 e. The first-order chi connectivity index (χ1) is 11.0. The molecule has 0 fully saturated rings. The van der Waals surface area contributed by atoms with E-state index in [4.69, 9.17) is 14.2 Å². The van der Waals surface area contributed by atoms with Crippen molar-refractivity contribution < 1.29 is 27.0 Å². The van der Waals surface area contributed by atoms with E-state index in [1.165, 1.54) is 37.4 Å². The third kappa shape index (κ3) is 3.22. The van der Waals surface area contributed by atoms with Crippen LogP contribution >= 0.6 is 0 Å². The highest BCUT2D eigenvalue weighted by molar-refractivity contribution is 7.89. The minimum atomic E-state index is -3.75. The molecule has 0 aliphatic carbocycles. The lowest BCUT2D eigenvalue weighted by Crippen LogP contribution is -2.23. The number of hydrogen-bond donors (Lipinski definition) is 1. The Morgan fingerprint density at radius 1 is 1.17 bits per heavy atom. The predicted octanol–water partition coefficient (Wildman–Crippen LogP) is 2.04. The molecular weight excluding hydrogens is 325 g/mol. The number of halogens is 1. The minimum Gasteiger partial charge on any atom is -0.494 e. The Morgan fingerprint density at radius 2 is 1.96 bits per heavy atom. The summed E-state index contributed by atoms with van der Waals surface area (Å²) in [5.74, 6) is 0.434. The summed E-state index contributed by atoms with van der Waals surface area (Å²) in [6, 6.07) is 8.60. The van der Waals surface area contributed by atoms with Gasteiger partial charge in [0.25, 0.3) is 0 Å². The van der Waals surface area contributed by atoms with Gasteiger partial charge in [-0.2, -0.15) is 0 Å². The Kier molecular flexibility index (Phi) is 4.10. The van der Waals surface area contributed by atoms with Crippen LogP contribution in [-0.4, -0.2) is 22.3 Å². The summed E-state index contributed by atoms with van der Waals surface area (Å²) < 4.78 is 55.7. The van der Waals surface area contributed by atoms with Gasteiger partial charge in [0.15, 0.2) is 23.1 Å². The van der Waals surface area contributed by atoms with E-state index in [0.717, 1.165) is 0 Å². The fourth-order valence-corrected chi connectivity index (χ4v) is 3.16. The molecule has 0 amide bonds. The third-order valence-electron chi connectivity index (χ3n) is 3.34. The molecule has 0 bridgehead atoms. The first-order valence-corrected chi connectivity index (χ1v) is 8.19. The van der Waals surface area contributed by atoms with E-state index in [-0.39, 0.29) is 24.0 Å². The van der Waals surface area contributed by atoms with Gasteiger partial charge in [-0.05, 0) is 29.8 Å². The molecule has 1 N–H and O–H groups in total. The number of rotatable bonds is 5. The number of benzene rings is 2. The average Bonchev–Trinajstić information content (AvgIpc) is 3.00. The summed E-state index contributed by atoms with van der Waals surface area (Å²) in [5.41, 5.74) is 0.479. The second-order valence-electron chi connectivity index (χ2n) is 4.81. The SMILES string of the molecule is COc1ccc(CNS(=O)(=O)c2ccc3c(c2)OCO3)cc1F. The number of hydrogen-bond acceptors (Lipinski definition) is 5. The van der Waals surface area contributed by atoms with Gasteiger partial charge in [0.2, 0.25) is 16.8 Å². The van der Waals surface area contributed by atoms with Crippen LogP contribution in [-0.2, 0) is 16.6 Å². The van der Waals surface area contributed by atoms with Crippen LogP contribution in [0, 0.1) is 5.82 Å². The van der Waals surface area contributed by atoms with E-state index >= 15 is 0 Å². The van der Waals surface area contributed by atoms with Crippen LogP contribution in [0.25, 0.3) is 0 Å². The van der Waals surface area contributed by atoms with Crippen LogP contribution < -0.4 is 18.9 Å². The molecular formula is C15H14FNO5S. The van der Waals surface area contributed by atoms with Crippen molar-refractivity contribution in [1.82, 2.24) is 4.72 Å². The largest absolute Gasteiger partial charge is 0.494 e. The monoisotopic (exact) mass is 339 g/mol. The van der Waals surface area contributed by atoms with Gasteiger partial charge in [-0.25, -0.2) is 17.5 Å². The molecule has 23 heavy (non-hydrogen) atoms. The molecule has 3 rings (SSSR count). The molecule has 0 atom stereocenters. The topological polar surface area (TPSA) is 73.9 Å². The van der Waals surface area contributed by atoms with Crippen molar-refractivity contribution in [1.29, 1.82) is 0 Å². The van der Waals surface area contributed by atoms with Crippen molar-refractivity contribution in [2.45, 2.75) is 11.4 Å². The second kappa shape index (κ2) is 6.05. The van der Waals surface area contributed by atoms with Crippen LogP contribution in [0.15, 0.2) is 41.3 Å². The first-order valence-electron chi connectivity index (χ1n) is 6.71. The summed E-state index contributed by atoms with van der Waals surface area (Å²) in [6.45, 7) is 0.0229. The molecule has 2 aromatic carbocycles. The standard InChI is InChI=1S/C15H14FNO5S/c1-20-13-4-2-10(6-12(13)16)8-17-23(18,19)11-3-5-14-15(7-11)22-9-21-14/h2-7,17H,8-9H2,1H3. The van der Waals surface area contributed by atoms with Gasteiger partial charge in [-0.15, -0.1) is 0 Å². The van der Waals surface area contributed by atoms with E-state index in [1.54, 1.807) is 6.07 Å². The van der Waals surface area contributed by atoms with E-state index in [0.29, 0.717) is 17.1 Å². The maximum absolute atomic E-state index is 13.6. The van der Waals surface area contributed by atoms with Gasteiger partial charge < -0.3 is 14.2 Å². The molecule has 8 heteroatoms. The Balaban J connectivity index is 1.75. The lowest BCUT2D eigenvalue weighted by molar-refractivity contribution is 0.174. The molecule has 0 spiro atoms. The van der Waals surface area contributed by atoms with Crippen molar-refractivity contribution in [2.75, 3.05) is 13.9 Å². The molecule has 0 aromatic heterocycles. The number of fused-ring (bicyclic) bond motifs is 1. The number of methoxy groups -OCH3 is 1. The zero-order valence-corrected chi connectivity index (χ0v) is 13.0. The highest BCUT2D eigenvalue weighted by Gasteiger charge is 2.20. The number of nitrogens with one attached hydrogen (secondary N) is 1. The van der Waals surface area contributed by atoms with Crippen molar-refractivity contribution in [3.05, 3.63) is 47.8 Å². The zero-order valence-electron chi connectivity index (χ0n) is 12.2. The molecule has 122 valence electrons. The summed E-state index contributed by atoms with van der Waals surface area (Å²) in [4.78, 5) is 0.0516. The lowest BCUT2D eigenvalue weighted by atomic mass is 10.2. The zero-order chi connectivity index (χ0) is 16.4. The van der Waals surface area contributed by atoms with Gasteiger partial charge in [0, 0.05) is 12.6 Å². The summed E-state index contributed by atoms with van der Waals surface area (Å²) >= 11 is 0. The molecule has 0 unspecified atom stereocenters. The van der Waals surface area contributed by atoms with Crippen LogP contribution in [0.2, 0.25) is 0 Å². The smallest absolute Gasteiger partial charge is 0.241 e. The molecule has 1 aliphatic rings. The highest BCUT2D eigenvalue weighted by Crippen LogP contribution is 2.33. The van der Waals surface area contributed by atoms with E-state index in [9.17, 15) is 12.8 Å². The van der Waals surface area contributed by atoms with E-state index < -0.39 is 15.8 Å². The molecule has 0 radical (unpaired) electrons. The first kappa shape index (κ1) is 15.6.